The lowest BCUT2D eigenvalue weighted by molar-refractivity contribution is -0.121. The monoisotopic (exact) mass is 433 g/mol. The summed E-state index contributed by atoms with van der Waals surface area (Å²) in [6, 6.07) is 5.05. The molecule has 0 saturated heterocycles. The van der Waals surface area contributed by atoms with Crippen LogP contribution in [0.2, 0.25) is 0 Å². The van der Waals surface area contributed by atoms with Crippen molar-refractivity contribution in [3.8, 4) is 0 Å². The van der Waals surface area contributed by atoms with Gasteiger partial charge in [-0.2, -0.15) is 0 Å². The van der Waals surface area contributed by atoms with Crippen molar-refractivity contribution >= 4 is 29.4 Å². The van der Waals surface area contributed by atoms with E-state index in [1.54, 1.807) is 13.8 Å². The van der Waals surface area contributed by atoms with Crippen LogP contribution in [-0.2, 0) is 25.5 Å². The number of carbonyl (C=O) groups excluding carboxylic acids is 4. The van der Waals surface area contributed by atoms with Crippen molar-refractivity contribution in [3.63, 3.8) is 0 Å². The van der Waals surface area contributed by atoms with Gasteiger partial charge in [-0.15, -0.1) is 0 Å². The van der Waals surface area contributed by atoms with Crippen LogP contribution in [0.5, 0.6) is 0 Å². The number of aromatic amines is 1. The molecule has 0 aliphatic heterocycles. The van der Waals surface area contributed by atoms with E-state index in [1.807, 2.05) is 0 Å². The summed E-state index contributed by atoms with van der Waals surface area (Å²) in [6.07, 6.45) is 0.318. The number of carbonyl (C=O) groups is 4. The summed E-state index contributed by atoms with van der Waals surface area (Å²) in [5, 5.41) is 0. The number of methoxy groups -OCH3 is 1. The number of esters is 2. The Balaban J connectivity index is 2.17. The molecule has 2 aromatic rings. The van der Waals surface area contributed by atoms with Gasteiger partial charge in [0.15, 0.2) is 6.61 Å². The highest BCUT2D eigenvalue weighted by atomic mass is 19.1. The van der Waals surface area contributed by atoms with Crippen LogP contribution in [0.1, 0.15) is 45.4 Å². The number of nitrogens with zero attached hydrogens (tertiary/aromatic N) is 1. The van der Waals surface area contributed by atoms with Crippen molar-refractivity contribution in [1.29, 1.82) is 0 Å². The van der Waals surface area contributed by atoms with Crippen molar-refractivity contribution in [3.05, 3.63) is 52.6 Å². The summed E-state index contributed by atoms with van der Waals surface area (Å²) >= 11 is 0. The van der Waals surface area contributed by atoms with Gasteiger partial charge in [0.05, 0.1) is 12.7 Å². The third-order valence-corrected chi connectivity index (χ3v) is 4.62. The highest BCUT2D eigenvalue weighted by Gasteiger charge is 2.26. The number of ether oxygens (including phenoxy) is 2. The van der Waals surface area contributed by atoms with E-state index < -0.39 is 36.2 Å². The molecule has 1 aromatic heterocycles. The Morgan fingerprint density at radius 3 is 2.32 bits per heavy atom. The molecule has 0 aliphatic rings. The van der Waals surface area contributed by atoms with E-state index in [1.165, 1.54) is 24.1 Å². The maximum absolute atomic E-state index is 13.2. The van der Waals surface area contributed by atoms with Gasteiger partial charge in [0.1, 0.15) is 11.5 Å². The first-order chi connectivity index (χ1) is 14.7. The molecule has 0 radical (unpaired) electrons. The molecule has 0 bridgehead atoms. The van der Waals surface area contributed by atoms with Crippen LogP contribution < -0.4 is 10.6 Å². The SMILES string of the molecule is CCc1[nH]c(C(=O)OCC(=O)N(CCC(N)=O)c2ccc(F)cc2)c(C)c1C(=O)OC. The van der Waals surface area contributed by atoms with E-state index in [0.29, 0.717) is 23.4 Å². The molecular weight excluding hydrogens is 409 g/mol. The van der Waals surface area contributed by atoms with Crippen molar-refractivity contribution in [2.75, 3.05) is 25.2 Å². The third kappa shape index (κ3) is 5.68. The summed E-state index contributed by atoms with van der Waals surface area (Å²) in [6.45, 7) is 2.67. The molecule has 0 spiro atoms. The van der Waals surface area contributed by atoms with Crippen LogP contribution in [0.25, 0.3) is 0 Å². The fraction of sp³-hybridized carbons (Fsp3) is 0.333. The average Bonchev–Trinajstić information content (AvgIpc) is 3.08. The summed E-state index contributed by atoms with van der Waals surface area (Å²) in [5.41, 5.74) is 6.63. The molecule has 166 valence electrons. The second-order valence-electron chi connectivity index (χ2n) is 6.64. The number of hydrogen-bond donors (Lipinski definition) is 2. The number of halogens is 1. The number of rotatable bonds is 9. The number of amides is 2. The van der Waals surface area contributed by atoms with E-state index in [0.717, 1.165) is 12.1 Å². The van der Waals surface area contributed by atoms with Gasteiger partial charge in [0.25, 0.3) is 5.91 Å². The van der Waals surface area contributed by atoms with E-state index >= 15 is 0 Å². The van der Waals surface area contributed by atoms with Crippen molar-refractivity contribution < 1.29 is 33.0 Å². The van der Waals surface area contributed by atoms with Crippen molar-refractivity contribution in [2.24, 2.45) is 5.73 Å². The molecule has 0 unspecified atom stereocenters. The van der Waals surface area contributed by atoms with Gasteiger partial charge in [-0.25, -0.2) is 14.0 Å². The smallest absolute Gasteiger partial charge is 0.355 e. The molecule has 0 fully saturated rings. The predicted octanol–water partition coefficient (Wildman–Crippen LogP) is 1.88. The minimum absolute atomic E-state index is 0.0375. The Labute approximate surface area is 178 Å². The summed E-state index contributed by atoms with van der Waals surface area (Å²) < 4.78 is 23.1. The lowest BCUT2D eigenvalue weighted by Crippen LogP contribution is -2.37. The lowest BCUT2D eigenvalue weighted by Gasteiger charge is -2.22. The first-order valence-corrected chi connectivity index (χ1v) is 9.50. The molecule has 1 heterocycles. The first-order valence-electron chi connectivity index (χ1n) is 9.50. The first kappa shape index (κ1) is 23.6. The Kier molecular flexibility index (Phi) is 7.89. The Morgan fingerprint density at radius 1 is 1.13 bits per heavy atom. The Morgan fingerprint density at radius 2 is 1.77 bits per heavy atom. The standard InChI is InChI=1S/C21H24FN3O6/c1-4-15-18(20(28)30-3)12(2)19(24-15)21(29)31-11-17(27)25(10-9-16(23)26)14-7-5-13(22)6-8-14/h5-8,24H,4,9-11H2,1-3H3,(H2,23,26). The predicted molar refractivity (Wildman–Crippen MR) is 109 cm³/mol. The van der Waals surface area contributed by atoms with E-state index in [-0.39, 0.29) is 24.2 Å². The van der Waals surface area contributed by atoms with Crippen LogP contribution in [-0.4, -0.2) is 49.0 Å². The highest BCUT2D eigenvalue weighted by Crippen LogP contribution is 2.21. The zero-order valence-electron chi connectivity index (χ0n) is 17.5. The van der Waals surface area contributed by atoms with Crippen LogP contribution in [0, 0.1) is 12.7 Å². The number of anilines is 1. The maximum Gasteiger partial charge on any atom is 0.355 e. The second-order valence-corrected chi connectivity index (χ2v) is 6.64. The Bertz CT molecular complexity index is 984. The minimum atomic E-state index is -0.829. The molecule has 10 heteroatoms. The molecule has 1 aromatic carbocycles. The number of benzene rings is 1. The van der Waals surface area contributed by atoms with Crippen molar-refractivity contribution in [2.45, 2.75) is 26.7 Å². The maximum atomic E-state index is 13.2. The average molecular weight is 433 g/mol. The number of aryl methyl sites for hydroxylation is 1. The highest BCUT2D eigenvalue weighted by molar-refractivity contribution is 6.00. The van der Waals surface area contributed by atoms with Gasteiger partial charge in [-0.3, -0.25) is 9.59 Å². The fourth-order valence-corrected chi connectivity index (χ4v) is 3.02. The van der Waals surface area contributed by atoms with E-state index in [4.69, 9.17) is 15.2 Å². The zero-order valence-corrected chi connectivity index (χ0v) is 17.5. The van der Waals surface area contributed by atoms with Gasteiger partial charge in [0.2, 0.25) is 5.91 Å². The summed E-state index contributed by atoms with van der Waals surface area (Å²) in [5.74, 6) is -3.16. The molecule has 0 saturated carbocycles. The second kappa shape index (κ2) is 10.4. The summed E-state index contributed by atoms with van der Waals surface area (Å²) in [7, 11) is 1.24. The Hall–Kier alpha value is -3.69. The van der Waals surface area contributed by atoms with Crippen LogP contribution in [0.4, 0.5) is 10.1 Å². The van der Waals surface area contributed by atoms with Crippen molar-refractivity contribution in [1.82, 2.24) is 4.98 Å². The van der Waals surface area contributed by atoms with Gasteiger partial charge in [-0.1, -0.05) is 6.92 Å². The van der Waals surface area contributed by atoms with Crippen LogP contribution >= 0.6 is 0 Å². The molecule has 0 atom stereocenters. The number of H-pyrrole nitrogens is 1. The topological polar surface area (TPSA) is 132 Å². The third-order valence-electron chi connectivity index (χ3n) is 4.62. The van der Waals surface area contributed by atoms with Crippen LogP contribution in [0.15, 0.2) is 24.3 Å². The molecule has 9 nitrogen and oxygen atoms in total. The number of nitrogens with one attached hydrogen (secondary N) is 1. The van der Waals surface area contributed by atoms with Crippen LogP contribution in [0.3, 0.4) is 0 Å². The number of hydrogen-bond acceptors (Lipinski definition) is 6. The zero-order chi connectivity index (χ0) is 23.1. The van der Waals surface area contributed by atoms with Gasteiger partial charge in [-0.05, 0) is 43.2 Å². The lowest BCUT2D eigenvalue weighted by atomic mass is 10.1. The largest absolute Gasteiger partial charge is 0.465 e. The normalized spacial score (nSPS) is 10.5. The quantitative estimate of drug-likeness (QED) is 0.581. The number of aromatic nitrogens is 1. The van der Waals surface area contributed by atoms with Gasteiger partial charge >= 0.3 is 11.9 Å². The fourth-order valence-electron chi connectivity index (χ4n) is 3.02. The molecule has 3 N–H and O–H groups in total. The minimum Gasteiger partial charge on any atom is -0.465 e. The van der Waals surface area contributed by atoms with E-state index in [9.17, 15) is 23.6 Å². The van der Waals surface area contributed by atoms with Gasteiger partial charge < -0.3 is 25.1 Å². The molecule has 2 amide bonds. The van der Waals surface area contributed by atoms with E-state index in [2.05, 4.69) is 4.98 Å². The number of nitrogens with two attached hydrogens (primary N) is 1. The summed E-state index contributed by atoms with van der Waals surface area (Å²) in [4.78, 5) is 52.3. The molecular formula is C21H24FN3O6. The number of primary amides is 1. The molecule has 0 aliphatic carbocycles. The van der Waals surface area contributed by atoms with Gasteiger partial charge in [0, 0.05) is 24.3 Å². The molecule has 31 heavy (non-hydrogen) atoms. The molecule has 2 rings (SSSR count).